The molecule has 1 heterocycles. The summed E-state index contributed by atoms with van der Waals surface area (Å²) in [5.74, 6) is -0.142. The highest BCUT2D eigenvalue weighted by Crippen LogP contribution is 2.27. The summed E-state index contributed by atoms with van der Waals surface area (Å²) in [6.07, 6.45) is 1.55. The van der Waals surface area contributed by atoms with Gasteiger partial charge in [-0.2, -0.15) is 0 Å². The number of aliphatic imine (C=N–C) groups is 1. The molecule has 0 fully saturated rings. The summed E-state index contributed by atoms with van der Waals surface area (Å²) in [5.41, 5.74) is 1.72. The van der Waals surface area contributed by atoms with E-state index in [1.807, 2.05) is 30.3 Å². The Morgan fingerprint density at radius 2 is 1.94 bits per heavy atom. The quantitative estimate of drug-likeness (QED) is 0.176. The maximum Gasteiger partial charge on any atom is 0.363 e. The zero-order chi connectivity index (χ0) is 22.7. The molecule has 0 aromatic heterocycles. The van der Waals surface area contributed by atoms with Crippen molar-refractivity contribution in [2.24, 2.45) is 4.99 Å². The fourth-order valence-corrected chi connectivity index (χ4v) is 3.61. The van der Waals surface area contributed by atoms with Crippen LogP contribution < -0.4 is 4.74 Å². The van der Waals surface area contributed by atoms with E-state index >= 15 is 0 Å². The van der Waals surface area contributed by atoms with Crippen LogP contribution in [0.15, 0.2) is 81.9 Å². The van der Waals surface area contributed by atoms with Crippen LogP contribution in [0.3, 0.4) is 0 Å². The van der Waals surface area contributed by atoms with E-state index in [0.29, 0.717) is 17.9 Å². The van der Waals surface area contributed by atoms with Gasteiger partial charge in [0.15, 0.2) is 5.70 Å². The van der Waals surface area contributed by atoms with Crippen molar-refractivity contribution in [1.29, 1.82) is 0 Å². The van der Waals surface area contributed by atoms with Crippen molar-refractivity contribution in [2.75, 3.05) is 0 Å². The molecule has 7 nitrogen and oxygen atoms in total. The van der Waals surface area contributed by atoms with E-state index in [4.69, 9.17) is 21.1 Å². The number of carbonyl (C=O) groups is 1. The van der Waals surface area contributed by atoms with E-state index in [9.17, 15) is 14.9 Å². The highest BCUT2D eigenvalue weighted by Gasteiger charge is 2.27. The molecule has 0 radical (unpaired) electrons. The first kappa shape index (κ1) is 21.7. The molecule has 0 N–H and O–H groups in total. The molecule has 0 aliphatic carbocycles. The summed E-state index contributed by atoms with van der Waals surface area (Å²) in [7, 11) is 0. The van der Waals surface area contributed by atoms with Crippen LogP contribution in [0.2, 0.25) is 5.02 Å². The topological polar surface area (TPSA) is 91.0 Å². The Labute approximate surface area is 196 Å². The molecule has 0 saturated heterocycles. The van der Waals surface area contributed by atoms with E-state index < -0.39 is 10.9 Å². The van der Waals surface area contributed by atoms with Crippen molar-refractivity contribution in [2.45, 2.75) is 6.61 Å². The molecule has 160 valence electrons. The summed E-state index contributed by atoms with van der Waals surface area (Å²) in [4.78, 5) is 27.0. The normalized spacial score (nSPS) is 14.2. The van der Waals surface area contributed by atoms with Crippen molar-refractivity contribution < 1.29 is 19.2 Å². The smallest absolute Gasteiger partial charge is 0.363 e. The summed E-state index contributed by atoms with van der Waals surface area (Å²) in [6.45, 7) is 0.384. The number of non-ortho nitro benzene ring substituents is 1. The third kappa shape index (κ3) is 5.04. The van der Waals surface area contributed by atoms with Crippen LogP contribution in [-0.2, 0) is 16.1 Å². The van der Waals surface area contributed by atoms with Gasteiger partial charge in [0.25, 0.3) is 5.69 Å². The van der Waals surface area contributed by atoms with Gasteiger partial charge < -0.3 is 9.47 Å². The summed E-state index contributed by atoms with van der Waals surface area (Å²) < 4.78 is 12.0. The summed E-state index contributed by atoms with van der Waals surface area (Å²) in [6, 6.07) is 18.8. The third-order valence-electron chi connectivity index (χ3n) is 4.47. The van der Waals surface area contributed by atoms with Gasteiger partial charge in [-0.15, -0.1) is 0 Å². The minimum atomic E-state index is -0.678. The lowest BCUT2D eigenvalue weighted by atomic mass is 10.2. The summed E-state index contributed by atoms with van der Waals surface area (Å²) >= 11 is 9.55. The number of cyclic esters (lactones) is 1. The average molecular weight is 514 g/mol. The lowest BCUT2D eigenvalue weighted by Gasteiger charge is -2.07. The molecule has 1 aliphatic heterocycles. The minimum absolute atomic E-state index is 0.0479. The molecular formula is C23H14BrClN2O5. The van der Waals surface area contributed by atoms with Crippen molar-refractivity contribution >= 4 is 51.2 Å². The maximum absolute atomic E-state index is 12.3. The van der Waals surface area contributed by atoms with Crippen LogP contribution in [0.4, 0.5) is 5.69 Å². The second-order valence-electron chi connectivity index (χ2n) is 6.75. The number of nitrogens with zero attached hydrogens (tertiary/aromatic N) is 2. The van der Waals surface area contributed by atoms with Crippen LogP contribution >= 0.6 is 27.5 Å². The molecule has 32 heavy (non-hydrogen) atoms. The van der Waals surface area contributed by atoms with Gasteiger partial charge in [-0.1, -0.05) is 51.8 Å². The fraction of sp³-hybridized carbons (Fsp3) is 0.0435. The molecule has 0 atom stereocenters. The van der Waals surface area contributed by atoms with Crippen LogP contribution in [0.1, 0.15) is 16.7 Å². The molecular weight excluding hydrogens is 500 g/mol. The van der Waals surface area contributed by atoms with Crippen molar-refractivity contribution in [1.82, 2.24) is 0 Å². The van der Waals surface area contributed by atoms with Crippen LogP contribution in [-0.4, -0.2) is 16.8 Å². The monoisotopic (exact) mass is 512 g/mol. The fourth-order valence-electron chi connectivity index (χ4n) is 2.96. The van der Waals surface area contributed by atoms with E-state index in [1.54, 1.807) is 24.3 Å². The Hall–Kier alpha value is -3.49. The standard InChI is InChI=1S/C23H14BrClN2O5/c24-16-5-1-4-15(9-16)13-31-18-6-2-3-14(10-18)11-21-23(28)32-22(26-21)19-12-17(27(29)30)7-8-20(19)25/h1-12H,13H2/b21-11-. The molecule has 0 unspecified atom stereocenters. The first-order valence-electron chi connectivity index (χ1n) is 9.33. The Morgan fingerprint density at radius 3 is 2.72 bits per heavy atom. The average Bonchev–Trinajstić information content (AvgIpc) is 3.12. The predicted octanol–water partition coefficient (Wildman–Crippen LogP) is 5.93. The Bertz CT molecular complexity index is 1290. The van der Waals surface area contributed by atoms with Gasteiger partial charge in [0.1, 0.15) is 12.4 Å². The highest BCUT2D eigenvalue weighted by molar-refractivity contribution is 9.10. The molecule has 9 heteroatoms. The first-order chi connectivity index (χ1) is 15.4. The predicted molar refractivity (Wildman–Crippen MR) is 124 cm³/mol. The summed E-state index contributed by atoms with van der Waals surface area (Å²) in [5, 5.41) is 11.2. The van der Waals surface area contributed by atoms with E-state index in [0.717, 1.165) is 10.0 Å². The van der Waals surface area contributed by atoms with Gasteiger partial charge in [0.05, 0.1) is 15.5 Å². The number of benzene rings is 3. The maximum atomic E-state index is 12.3. The molecule has 3 aromatic carbocycles. The molecule has 0 bridgehead atoms. The van der Waals surface area contributed by atoms with Gasteiger partial charge in [-0.3, -0.25) is 10.1 Å². The third-order valence-corrected chi connectivity index (χ3v) is 5.29. The molecule has 3 aromatic rings. The van der Waals surface area contributed by atoms with E-state index in [-0.39, 0.29) is 27.9 Å². The molecule has 1 aliphatic rings. The van der Waals surface area contributed by atoms with E-state index in [1.165, 1.54) is 18.2 Å². The van der Waals surface area contributed by atoms with Gasteiger partial charge in [-0.25, -0.2) is 9.79 Å². The van der Waals surface area contributed by atoms with Crippen LogP contribution in [0.5, 0.6) is 5.75 Å². The van der Waals surface area contributed by atoms with Crippen molar-refractivity contribution in [3.05, 3.63) is 109 Å². The Balaban J connectivity index is 1.55. The molecule has 0 spiro atoms. The second kappa shape index (κ2) is 9.33. The molecule has 0 saturated carbocycles. The zero-order valence-corrected chi connectivity index (χ0v) is 18.7. The lowest BCUT2D eigenvalue weighted by Crippen LogP contribution is -2.06. The number of halogens is 2. The molecule has 0 amide bonds. The van der Waals surface area contributed by atoms with Gasteiger partial charge in [-0.05, 0) is 47.5 Å². The number of ether oxygens (including phenoxy) is 2. The second-order valence-corrected chi connectivity index (χ2v) is 8.07. The van der Waals surface area contributed by atoms with Crippen molar-refractivity contribution in [3.63, 3.8) is 0 Å². The van der Waals surface area contributed by atoms with Gasteiger partial charge >= 0.3 is 5.97 Å². The SMILES string of the molecule is O=C1OC(c2cc([N+](=O)[O-])ccc2Cl)=N/C1=C\c1cccc(OCc2cccc(Br)c2)c1. The number of nitro benzene ring substituents is 1. The largest absolute Gasteiger partial charge is 0.489 e. The van der Waals surface area contributed by atoms with E-state index in [2.05, 4.69) is 20.9 Å². The molecule has 4 rings (SSSR count). The number of esters is 1. The minimum Gasteiger partial charge on any atom is -0.489 e. The number of hydrogen-bond acceptors (Lipinski definition) is 6. The van der Waals surface area contributed by atoms with Crippen LogP contribution in [0.25, 0.3) is 6.08 Å². The first-order valence-corrected chi connectivity index (χ1v) is 10.5. The number of carbonyl (C=O) groups excluding carboxylic acids is 1. The highest BCUT2D eigenvalue weighted by atomic mass is 79.9. The number of rotatable bonds is 6. The van der Waals surface area contributed by atoms with Crippen LogP contribution in [0, 0.1) is 10.1 Å². The van der Waals surface area contributed by atoms with Crippen molar-refractivity contribution in [3.8, 4) is 5.75 Å². The number of nitro groups is 1. The Kier molecular flexibility index (Phi) is 6.34. The Morgan fingerprint density at radius 1 is 1.12 bits per heavy atom. The number of hydrogen-bond donors (Lipinski definition) is 0. The zero-order valence-electron chi connectivity index (χ0n) is 16.3. The lowest BCUT2D eigenvalue weighted by molar-refractivity contribution is -0.384. The van der Waals surface area contributed by atoms with Gasteiger partial charge in [0.2, 0.25) is 5.90 Å². The van der Waals surface area contributed by atoms with Gasteiger partial charge in [0, 0.05) is 16.6 Å².